The van der Waals surface area contributed by atoms with Crippen molar-refractivity contribution in [2.45, 2.75) is 64.2 Å². The van der Waals surface area contributed by atoms with Crippen LogP contribution in [0.15, 0.2) is 67.0 Å². The number of piperidine rings is 1. The van der Waals surface area contributed by atoms with Gasteiger partial charge in [0.25, 0.3) is 5.91 Å². The lowest BCUT2D eigenvalue weighted by atomic mass is 9.93. The van der Waals surface area contributed by atoms with Gasteiger partial charge in [-0.2, -0.15) is 0 Å². The Morgan fingerprint density at radius 1 is 0.944 bits per heavy atom. The Labute approximate surface area is 213 Å². The highest BCUT2D eigenvalue weighted by Crippen LogP contribution is 2.51. The van der Waals surface area contributed by atoms with Crippen molar-refractivity contribution >= 4 is 17.3 Å². The molecule has 0 spiro atoms. The number of hydrogen-bond acceptors (Lipinski definition) is 5. The zero-order chi connectivity index (χ0) is 24.6. The van der Waals surface area contributed by atoms with Gasteiger partial charge in [0.1, 0.15) is 0 Å². The fourth-order valence-electron chi connectivity index (χ4n) is 6.42. The average Bonchev–Trinajstić information content (AvgIpc) is 3.14. The molecule has 1 amide bonds. The molecule has 6 heteroatoms. The van der Waals surface area contributed by atoms with Crippen LogP contribution in [0.1, 0.15) is 55.5 Å². The zero-order valence-electron chi connectivity index (χ0n) is 21.1. The van der Waals surface area contributed by atoms with E-state index in [1.807, 2.05) is 61.5 Å². The minimum atomic E-state index is 0.0542. The second-order valence-corrected chi connectivity index (χ2v) is 10.1. The van der Waals surface area contributed by atoms with Crippen molar-refractivity contribution in [2.75, 3.05) is 18.0 Å². The maximum absolute atomic E-state index is 13.0. The van der Waals surface area contributed by atoms with E-state index in [1.165, 1.54) is 18.4 Å². The van der Waals surface area contributed by atoms with Crippen LogP contribution in [-0.2, 0) is 6.54 Å². The predicted octanol–water partition coefficient (Wildman–Crippen LogP) is 6.00. The Kier molecular flexibility index (Phi) is 6.13. The van der Waals surface area contributed by atoms with Crippen LogP contribution in [0, 0.1) is 0 Å². The third-order valence-electron chi connectivity index (χ3n) is 8.17. The smallest absolute Gasteiger partial charge is 0.253 e. The van der Waals surface area contributed by atoms with Crippen molar-refractivity contribution in [2.24, 2.45) is 0 Å². The number of anilines is 2. The highest BCUT2D eigenvalue weighted by Gasteiger charge is 2.44. The number of ether oxygens (including phenoxy) is 1. The number of fused-ring (bicyclic) bond motifs is 4. The van der Waals surface area contributed by atoms with Gasteiger partial charge in [-0.1, -0.05) is 18.2 Å². The molecule has 0 N–H and O–H groups in total. The van der Waals surface area contributed by atoms with E-state index in [9.17, 15) is 4.79 Å². The van der Waals surface area contributed by atoms with Gasteiger partial charge in [-0.15, -0.1) is 0 Å². The number of amides is 1. The fraction of sp³-hybridized carbons (Fsp3) is 0.400. The number of carbonyl (C=O) groups is 1. The molecule has 0 radical (unpaired) electrons. The van der Waals surface area contributed by atoms with Gasteiger partial charge in [0.15, 0.2) is 11.5 Å². The third-order valence-corrected chi connectivity index (χ3v) is 8.17. The molecular formula is C30H34N4O2. The van der Waals surface area contributed by atoms with E-state index in [4.69, 9.17) is 4.74 Å². The summed E-state index contributed by atoms with van der Waals surface area (Å²) < 4.78 is 6.38. The molecular weight excluding hydrogens is 448 g/mol. The molecule has 2 saturated heterocycles. The van der Waals surface area contributed by atoms with Gasteiger partial charge in [0.2, 0.25) is 0 Å². The number of pyridine rings is 1. The summed E-state index contributed by atoms with van der Waals surface area (Å²) in [6.07, 6.45) is 8.57. The Morgan fingerprint density at radius 3 is 2.42 bits per heavy atom. The minimum Gasteiger partial charge on any atom is -0.453 e. The number of carbonyl (C=O) groups excluding carboxylic acids is 1. The summed E-state index contributed by atoms with van der Waals surface area (Å²) in [4.78, 5) is 24.4. The third kappa shape index (κ3) is 4.03. The first-order valence-electron chi connectivity index (χ1n) is 13.3. The Bertz CT molecular complexity index is 1230. The van der Waals surface area contributed by atoms with Gasteiger partial charge >= 0.3 is 0 Å². The van der Waals surface area contributed by atoms with Crippen LogP contribution in [0.2, 0.25) is 0 Å². The summed E-state index contributed by atoms with van der Waals surface area (Å²) >= 11 is 0. The molecule has 0 saturated carbocycles. The van der Waals surface area contributed by atoms with Gasteiger partial charge in [-0.3, -0.25) is 14.7 Å². The zero-order valence-corrected chi connectivity index (χ0v) is 21.1. The van der Waals surface area contributed by atoms with Crippen LogP contribution < -0.4 is 9.64 Å². The average molecular weight is 483 g/mol. The molecule has 1 aromatic heterocycles. The van der Waals surface area contributed by atoms with E-state index in [2.05, 4.69) is 39.0 Å². The summed E-state index contributed by atoms with van der Waals surface area (Å²) in [7, 11) is 0. The summed E-state index contributed by atoms with van der Waals surface area (Å²) in [6, 6.07) is 20.0. The minimum absolute atomic E-state index is 0.0542. The van der Waals surface area contributed by atoms with E-state index >= 15 is 0 Å². The highest BCUT2D eigenvalue weighted by molar-refractivity contribution is 5.96. The van der Waals surface area contributed by atoms with Crippen molar-refractivity contribution in [3.05, 3.63) is 78.1 Å². The molecule has 3 aliphatic heterocycles. The topological polar surface area (TPSA) is 48.9 Å². The Balaban J connectivity index is 1.31. The van der Waals surface area contributed by atoms with Gasteiger partial charge in [0, 0.05) is 55.7 Å². The number of nitrogens with zero attached hydrogens (tertiary/aromatic N) is 4. The number of rotatable bonds is 6. The summed E-state index contributed by atoms with van der Waals surface area (Å²) in [6.45, 7) is 6.40. The molecule has 186 valence electrons. The second-order valence-electron chi connectivity index (χ2n) is 10.1. The lowest BCUT2D eigenvalue weighted by Gasteiger charge is -2.46. The normalized spacial score (nSPS) is 22.5. The molecule has 0 unspecified atom stereocenters. The van der Waals surface area contributed by atoms with E-state index in [1.54, 1.807) is 0 Å². The maximum atomic E-state index is 13.0. The lowest BCUT2D eigenvalue weighted by molar-refractivity contribution is 0.0772. The fourth-order valence-corrected chi connectivity index (χ4v) is 6.42. The van der Waals surface area contributed by atoms with E-state index in [-0.39, 0.29) is 5.91 Å². The van der Waals surface area contributed by atoms with Gasteiger partial charge < -0.3 is 14.5 Å². The number of hydrogen-bond donors (Lipinski definition) is 0. The number of aromatic nitrogens is 1. The monoisotopic (exact) mass is 482 g/mol. The van der Waals surface area contributed by atoms with Crippen molar-refractivity contribution in [1.82, 2.24) is 14.8 Å². The molecule has 6 rings (SSSR count). The lowest BCUT2D eigenvalue weighted by Crippen LogP contribution is -2.49. The first-order chi connectivity index (χ1) is 17.7. The first kappa shape index (κ1) is 23.0. The first-order valence-corrected chi connectivity index (χ1v) is 13.3. The molecule has 0 aliphatic carbocycles. The molecule has 2 fully saturated rings. The molecule has 2 aromatic carbocycles. The molecule has 3 aromatic rings. The van der Waals surface area contributed by atoms with Crippen LogP contribution in [-0.4, -0.2) is 51.9 Å². The molecule has 6 nitrogen and oxygen atoms in total. The molecule has 2 bridgehead atoms. The molecule has 3 atom stereocenters. The summed E-state index contributed by atoms with van der Waals surface area (Å²) in [5.74, 6) is 1.69. The predicted molar refractivity (Wildman–Crippen MR) is 142 cm³/mol. The largest absolute Gasteiger partial charge is 0.453 e. The Morgan fingerprint density at radius 2 is 1.69 bits per heavy atom. The van der Waals surface area contributed by atoms with Gasteiger partial charge in [-0.25, -0.2) is 0 Å². The van der Waals surface area contributed by atoms with Crippen LogP contribution >= 0.6 is 0 Å². The molecule has 4 heterocycles. The number of benzene rings is 2. The molecule has 3 aliphatic rings. The van der Waals surface area contributed by atoms with Crippen LogP contribution in [0.5, 0.6) is 11.5 Å². The van der Waals surface area contributed by atoms with Crippen LogP contribution in [0.4, 0.5) is 11.4 Å². The van der Waals surface area contributed by atoms with Crippen LogP contribution in [0.3, 0.4) is 0 Å². The SMILES string of the molecule is CCN(CC)C(=O)c1ccc2c(c1)Oc1ccccc1N2[C@H]1C[C@H]2CC[C@@H](C1)N2Cc1cccnc1. The van der Waals surface area contributed by atoms with E-state index < -0.39 is 0 Å². The maximum Gasteiger partial charge on any atom is 0.253 e. The van der Waals surface area contributed by atoms with Gasteiger partial charge in [-0.05, 0) is 81.5 Å². The number of para-hydroxylation sites is 2. The van der Waals surface area contributed by atoms with Crippen LogP contribution in [0.25, 0.3) is 0 Å². The van der Waals surface area contributed by atoms with E-state index in [0.29, 0.717) is 36.8 Å². The van der Waals surface area contributed by atoms with Crippen molar-refractivity contribution in [3.63, 3.8) is 0 Å². The second kappa shape index (κ2) is 9.58. The highest BCUT2D eigenvalue weighted by atomic mass is 16.5. The van der Waals surface area contributed by atoms with Crippen molar-refractivity contribution in [1.29, 1.82) is 0 Å². The quantitative estimate of drug-likeness (QED) is 0.431. The van der Waals surface area contributed by atoms with Crippen molar-refractivity contribution in [3.8, 4) is 11.5 Å². The van der Waals surface area contributed by atoms with E-state index in [0.717, 1.165) is 42.3 Å². The molecule has 36 heavy (non-hydrogen) atoms. The van der Waals surface area contributed by atoms with Gasteiger partial charge in [0.05, 0.1) is 11.4 Å². The summed E-state index contributed by atoms with van der Waals surface area (Å²) in [5.41, 5.74) is 4.16. The Hall–Kier alpha value is -3.38. The standard InChI is InChI=1S/C30H34N4O2/c1-3-32(4-2)30(35)22-11-14-27-29(16-22)36-28-10-6-5-9-26(28)34(27)25-17-23-12-13-24(18-25)33(23)20-21-8-7-15-31-19-21/h5-11,14-16,19,23-25H,3-4,12-13,17-18,20H2,1-2H3/t23-,24+,25+. The summed E-state index contributed by atoms with van der Waals surface area (Å²) in [5, 5.41) is 0. The van der Waals surface area contributed by atoms with Crippen molar-refractivity contribution < 1.29 is 9.53 Å².